The molecule has 0 atom stereocenters. The van der Waals surface area contributed by atoms with Crippen LogP contribution in [0.2, 0.25) is 0 Å². The van der Waals surface area contributed by atoms with Crippen molar-refractivity contribution in [1.29, 1.82) is 0 Å². The number of benzene rings is 2. The van der Waals surface area contributed by atoms with Crippen LogP contribution >= 0.6 is 0 Å². The Hall–Kier alpha value is -2.45. The van der Waals surface area contributed by atoms with Gasteiger partial charge in [0.05, 0.1) is 16.5 Å². The van der Waals surface area contributed by atoms with Crippen molar-refractivity contribution in [3.05, 3.63) is 35.9 Å². The summed E-state index contributed by atoms with van der Waals surface area (Å²) in [5.41, 5.74) is 1.20. The maximum Gasteiger partial charge on any atom is 0.306 e. The zero-order chi connectivity index (χ0) is 18.6. The number of carbonyl (C=O) groups is 2. The van der Waals surface area contributed by atoms with Gasteiger partial charge in [-0.25, -0.2) is 8.42 Å². The molecule has 2 aliphatic heterocycles. The molecule has 0 unspecified atom stereocenters. The molecule has 1 saturated heterocycles. The number of hydrogen-bond acceptors (Lipinski definition) is 4. The van der Waals surface area contributed by atoms with E-state index in [1.807, 2.05) is 0 Å². The lowest BCUT2D eigenvalue weighted by molar-refractivity contribution is -0.142. The summed E-state index contributed by atoms with van der Waals surface area (Å²) in [5, 5.41) is 10.3. The van der Waals surface area contributed by atoms with Crippen LogP contribution < -0.4 is 4.90 Å². The molecular weight excluding hydrogens is 356 g/mol. The van der Waals surface area contributed by atoms with Crippen LogP contribution in [0.4, 0.5) is 5.69 Å². The maximum absolute atomic E-state index is 13.2. The number of rotatable bonds is 3. The van der Waals surface area contributed by atoms with Gasteiger partial charge in [0.2, 0.25) is 10.0 Å². The van der Waals surface area contributed by atoms with Gasteiger partial charge in [-0.2, -0.15) is 4.31 Å². The third kappa shape index (κ3) is 2.33. The summed E-state index contributed by atoms with van der Waals surface area (Å²) in [6.07, 6.45) is 0.605. The molecule has 0 spiro atoms. The molecule has 7 nitrogen and oxygen atoms in total. The number of nitrogens with zero attached hydrogens (tertiary/aromatic N) is 2. The molecule has 1 fully saturated rings. The number of carbonyl (C=O) groups excluding carboxylic acids is 1. The third-order valence-corrected chi connectivity index (χ3v) is 7.25. The molecule has 0 bridgehead atoms. The zero-order valence-electron chi connectivity index (χ0n) is 14.2. The molecule has 4 rings (SSSR count). The summed E-state index contributed by atoms with van der Waals surface area (Å²) in [6, 6.07) is 8.30. The first kappa shape index (κ1) is 17.0. The van der Waals surface area contributed by atoms with Crippen LogP contribution in [0.1, 0.15) is 23.2 Å². The van der Waals surface area contributed by atoms with E-state index >= 15 is 0 Å². The molecule has 0 aromatic heterocycles. The second kappa shape index (κ2) is 5.78. The van der Waals surface area contributed by atoms with Gasteiger partial charge in [-0.05, 0) is 31.0 Å². The molecule has 26 heavy (non-hydrogen) atoms. The monoisotopic (exact) mass is 374 g/mol. The number of piperidine rings is 1. The van der Waals surface area contributed by atoms with Crippen LogP contribution in [0.25, 0.3) is 10.8 Å². The number of aliphatic carboxylic acids is 1. The lowest BCUT2D eigenvalue weighted by Gasteiger charge is -2.29. The van der Waals surface area contributed by atoms with Crippen LogP contribution in [0, 0.1) is 5.92 Å². The van der Waals surface area contributed by atoms with Crippen molar-refractivity contribution in [2.45, 2.75) is 17.7 Å². The van der Waals surface area contributed by atoms with Gasteiger partial charge in [-0.3, -0.25) is 9.59 Å². The Bertz CT molecular complexity index is 1040. The molecule has 0 saturated carbocycles. The van der Waals surface area contributed by atoms with E-state index in [0.29, 0.717) is 34.9 Å². The van der Waals surface area contributed by atoms with Crippen molar-refractivity contribution in [2.75, 3.05) is 25.0 Å². The van der Waals surface area contributed by atoms with Gasteiger partial charge in [0, 0.05) is 36.5 Å². The highest BCUT2D eigenvalue weighted by molar-refractivity contribution is 7.89. The molecule has 2 aliphatic rings. The number of amides is 1. The molecule has 2 aromatic carbocycles. The zero-order valence-corrected chi connectivity index (χ0v) is 15.0. The summed E-state index contributed by atoms with van der Waals surface area (Å²) < 4.78 is 27.7. The Morgan fingerprint density at radius 3 is 2.50 bits per heavy atom. The average Bonchev–Trinajstić information content (AvgIpc) is 2.89. The first-order valence-corrected chi connectivity index (χ1v) is 9.83. The molecule has 136 valence electrons. The van der Waals surface area contributed by atoms with Crippen molar-refractivity contribution in [2.24, 2.45) is 5.92 Å². The van der Waals surface area contributed by atoms with Crippen LogP contribution in [0.3, 0.4) is 0 Å². The minimum absolute atomic E-state index is 0.151. The van der Waals surface area contributed by atoms with E-state index in [2.05, 4.69) is 0 Å². The van der Waals surface area contributed by atoms with Gasteiger partial charge in [-0.15, -0.1) is 0 Å². The SMILES string of the molecule is CN1C(=O)c2cccc3c(S(=O)(=O)N4CCC(C(=O)O)CC4)ccc1c23. The molecule has 1 N–H and O–H groups in total. The molecule has 8 heteroatoms. The van der Waals surface area contributed by atoms with Crippen molar-refractivity contribution < 1.29 is 23.1 Å². The second-order valence-corrected chi connectivity index (χ2v) is 8.60. The first-order valence-electron chi connectivity index (χ1n) is 8.39. The van der Waals surface area contributed by atoms with E-state index in [1.54, 1.807) is 31.3 Å². The largest absolute Gasteiger partial charge is 0.481 e. The van der Waals surface area contributed by atoms with E-state index < -0.39 is 21.9 Å². The van der Waals surface area contributed by atoms with Gasteiger partial charge in [0.1, 0.15) is 0 Å². The molecule has 2 heterocycles. The number of hydrogen-bond donors (Lipinski definition) is 1. The van der Waals surface area contributed by atoms with Gasteiger partial charge in [-0.1, -0.05) is 12.1 Å². The fourth-order valence-corrected chi connectivity index (χ4v) is 5.47. The van der Waals surface area contributed by atoms with Gasteiger partial charge < -0.3 is 10.0 Å². The average molecular weight is 374 g/mol. The van der Waals surface area contributed by atoms with Crippen molar-refractivity contribution in [3.8, 4) is 0 Å². The van der Waals surface area contributed by atoms with Gasteiger partial charge in [0.15, 0.2) is 0 Å². The smallest absolute Gasteiger partial charge is 0.306 e. The lowest BCUT2D eigenvalue weighted by atomic mass is 9.99. The fourth-order valence-electron chi connectivity index (χ4n) is 3.82. The van der Waals surface area contributed by atoms with E-state index in [9.17, 15) is 18.0 Å². The number of carboxylic acid groups (broad SMARTS) is 1. The lowest BCUT2D eigenvalue weighted by Crippen LogP contribution is -2.40. The van der Waals surface area contributed by atoms with Crippen LogP contribution in [0.5, 0.6) is 0 Å². The summed E-state index contributed by atoms with van der Waals surface area (Å²) in [6.45, 7) is 0.363. The highest BCUT2D eigenvalue weighted by Gasteiger charge is 2.35. The highest BCUT2D eigenvalue weighted by Crippen LogP contribution is 2.40. The highest BCUT2D eigenvalue weighted by atomic mass is 32.2. The minimum atomic E-state index is -3.77. The minimum Gasteiger partial charge on any atom is -0.481 e. The number of sulfonamides is 1. The van der Waals surface area contributed by atoms with E-state index in [1.165, 1.54) is 15.3 Å². The van der Waals surface area contributed by atoms with Crippen molar-refractivity contribution in [1.82, 2.24) is 4.31 Å². The van der Waals surface area contributed by atoms with E-state index in [0.717, 1.165) is 0 Å². The molecular formula is C18H18N2O5S. The quantitative estimate of drug-likeness (QED) is 0.886. The normalized spacial score (nSPS) is 18.7. The topological polar surface area (TPSA) is 95.0 Å². The molecule has 0 aliphatic carbocycles. The maximum atomic E-state index is 13.2. The summed E-state index contributed by atoms with van der Waals surface area (Å²) in [4.78, 5) is 25.1. The Kier molecular flexibility index (Phi) is 3.78. The summed E-state index contributed by atoms with van der Waals surface area (Å²) >= 11 is 0. The van der Waals surface area contributed by atoms with Gasteiger partial charge >= 0.3 is 5.97 Å². The molecule has 0 radical (unpaired) electrons. The third-order valence-electron chi connectivity index (χ3n) is 5.30. The summed E-state index contributed by atoms with van der Waals surface area (Å²) in [7, 11) is -2.10. The van der Waals surface area contributed by atoms with Crippen LogP contribution in [-0.4, -0.2) is 49.8 Å². The fraction of sp³-hybridized carbons (Fsp3) is 0.333. The molecule has 1 amide bonds. The van der Waals surface area contributed by atoms with Gasteiger partial charge in [0.25, 0.3) is 5.91 Å². The predicted octanol–water partition coefficient (Wildman–Crippen LogP) is 1.92. The van der Waals surface area contributed by atoms with Crippen LogP contribution in [-0.2, 0) is 14.8 Å². The number of anilines is 1. The van der Waals surface area contributed by atoms with E-state index in [4.69, 9.17) is 5.11 Å². The number of carboxylic acids is 1. The van der Waals surface area contributed by atoms with E-state index in [-0.39, 0.29) is 23.9 Å². The van der Waals surface area contributed by atoms with Crippen molar-refractivity contribution in [3.63, 3.8) is 0 Å². The molecule has 2 aromatic rings. The Morgan fingerprint density at radius 2 is 1.85 bits per heavy atom. The Labute approximate surface area is 150 Å². The first-order chi connectivity index (χ1) is 12.3. The van der Waals surface area contributed by atoms with Crippen LogP contribution in [0.15, 0.2) is 35.2 Å². The summed E-state index contributed by atoms with van der Waals surface area (Å²) in [5.74, 6) is -1.53. The standard InChI is InChI=1S/C18H18N2O5S/c1-19-14-5-6-15(12-3-2-4-13(16(12)14)17(19)21)26(24,25)20-9-7-11(8-10-20)18(22)23/h2-6,11H,7-10H2,1H3,(H,22,23). The second-order valence-electron chi connectivity index (χ2n) is 6.69. The Morgan fingerprint density at radius 1 is 1.15 bits per heavy atom. The predicted molar refractivity (Wildman–Crippen MR) is 95.8 cm³/mol. The van der Waals surface area contributed by atoms with Crippen molar-refractivity contribution >= 4 is 38.4 Å². The Balaban J connectivity index is 1.79.